The fourth-order valence-electron chi connectivity index (χ4n) is 3.61. The molecule has 1 unspecified atom stereocenters. The number of hydrogen-bond donors (Lipinski definition) is 1. The van der Waals surface area contributed by atoms with Gasteiger partial charge in [0.15, 0.2) is 16.7 Å². The zero-order valence-corrected chi connectivity index (χ0v) is 17.9. The lowest BCUT2D eigenvalue weighted by molar-refractivity contribution is -0.123. The van der Waals surface area contributed by atoms with Crippen LogP contribution in [0.15, 0.2) is 48.2 Å². The first-order valence-electron chi connectivity index (χ1n) is 10.1. The molecule has 31 heavy (non-hydrogen) atoms. The Labute approximate surface area is 185 Å². The molecule has 1 atom stereocenters. The molecule has 2 saturated heterocycles. The van der Waals surface area contributed by atoms with Crippen LogP contribution < -0.4 is 14.8 Å². The summed E-state index contributed by atoms with van der Waals surface area (Å²) in [7, 11) is 1.56. The van der Waals surface area contributed by atoms with Crippen molar-refractivity contribution in [3.05, 3.63) is 65.1 Å². The van der Waals surface area contributed by atoms with Gasteiger partial charge in [0.2, 0.25) is 0 Å². The molecular formula is C23H23FN2O4S. The third kappa shape index (κ3) is 4.86. The molecule has 4 rings (SSSR count). The van der Waals surface area contributed by atoms with Crippen molar-refractivity contribution in [2.24, 2.45) is 0 Å². The van der Waals surface area contributed by atoms with Gasteiger partial charge in [-0.15, -0.1) is 0 Å². The van der Waals surface area contributed by atoms with E-state index in [0.29, 0.717) is 23.1 Å². The number of methoxy groups -OCH3 is 1. The molecule has 2 fully saturated rings. The normalized spacial score (nSPS) is 19.7. The van der Waals surface area contributed by atoms with E-state index in [2.05, 4.69) is 5.32 Å². The summed E-state index contributed by atoms with van der Waals surface area (Å²) < 4.78 is 30.5. The maximum atomic E-state index is 13.8. The van der Waals surface area contributed by atoms with Crippen molar-refractivity contribution in [2.45, 2.75) is 25.6 Å². The van der Waals surface area contributed by atoms with Gasteiger partial charge in [-0.05, 0) is 61.0 Å². The van der Waals surface area contributed by atoms with Crippen LogP contribution in [0, 0.1) is 5.82 Å². The van der Waals surface area contributed by atoms with E-state index in [0.717, 1.165) is 30.6 Å². The Balaban J connectivity index is 1.50. The van der Waals surface area contributed by atoms with Crippen molar-refractivity contribution < 1.29 is 23.4 Å². The second kappa shape index (κ2) is 9.45. The maximum absolute atomic E-state index is 13.8. The van der Waals surface area contributed by atoms with E-state index in [1.54, 1.807) is 42.4 Å². The van der Waals surface area contributed by atoms with E-state index in [1.165, 1.54) is 6.07 Å². The summed E-state index contributed by atoms with van der Waals surface area (Å²) in [6.45, 7) is 1.29. The lowest BCUT2D eigenvalue weighted by atomic mass is 10.1. The minimum absolute atomic E-state index is 0.0196. The molecule has 162 valence electrons. The first-order chi connectivity index (χ1) is 15.0. The summed E-state index contributed by atoms with van der Waals surface area (Å²) in [4.78, 5) is 14.4. The number of hydrogen-bond acceptors (Lipinski definition) is 5. The van der Waals surface area contributed by atoms with Gasteiger partial charge in [0, 0.05) is 12.2 Å². The zero-order valence-electron chi connectivity index (χ0n) is 17.1. The molecule has 1 amide bonds. The average molecular weight is 443 g/mol. The van der Waals surface area contributed by atoms with Gasteiger partial charge in [-0.3, -0.25) is 9.69 Å². The van der Waals surface area contributed by atoms with Gasteiger partial charge < -0.3 is 19.5 Å². The van der Waals surface area contributed by atoms with E-state index in [-0.39, 0.29) is 24.4 Å². The Hall–Kier alpha value is -2.97. The van der Waals surface area contributed by atoms with Crippen molar-refractivity contribution in [3.63, 3.8) is 0 Å². The number of para-hydroxylation sites is 1. The van der Waals surface area contributed by atoms with Crippen LogP contribution in [0.4, 0.5) is 4.39 Å². The largest absolute Gasteiger partial charge is 0.496 e. The van der Waals surface area contributed by atoms with Crippen LogP contribution in [0.25, 0.3) is 6.08 Å². The monoisotopic (exact) mass is 442 g/mol. The first-order valence-corrected chi connectivity index (χ1v) is 10.5. The number of rotatable bonds is 7. The number of benzene rings is 2. The Morgan fingerprint density at radius 2 is 2.13 bits per heavy atom. The third-order valence-electron chi connectivity index (χ3n) is 5.21. The molecule has 0 spiro atoms. The molecule has 0 saturated carbocycles. The molecule has 0 bridgehead atoms. The summed E-state index contributed by atoms with van der Waals surface area (Å²) in [5.74, 6) is 0.164. The van der Waals surface area contributed by atoms with Gasteiger partial charge in [-0.1, -0.05) is 18.2 Å². The minimum Gasteiger partial charge on any atom is -0.496 e. The van der Waals surface area contributed by atoms with E-state index < -0.39 is 5.82 Å². The summed E-state index contributed by atoms with van der Waals surface area (Å²) in [6, 6.07) is 11.7. The van der Waals surface area contributed by atoms with Crippen LogP contribution in [-0.2, 0) is 16.1 Å². The molecule has 2 aromatic carbocycles. The van der Waals surface area contributed by atoms with Gasteiger partial charge in [0.05, 0.1) is 19.8 Å². The predicted molar refractivity (Wildman–Crippen MR) is 118 cm³/mol. The first kappa shape index (κ1) is 21.3. The quantitative estimate of drug-likeness (QED) is 0.522. The third-order valence-corrected chi connectivity index (χ3v) is 5.53. The van der Waals surface area contributed by atoms with E-state index in [4.69, 9.17) is 26.4 Å². The molecule has 2 heterocycles. The highest BCUT2D eigenvalue weighted by molar-refractivity contribution is 7.80. The fraction of sp³-hybridized carbons (Fsp3) is 0.304. The molecule has 2 aliphatic rings. The summed E-state index contributed by atoms with van der Waals surface area (Å²) in [5.41, 5.74) is 1.89. The summed E-state index contributed by atoms with van der Waals surface area (Å²) in [5, 5.41) is 3.37. The highest BCUT2D eigenvalue weighted by atomic mass is 32.1. The van der Waals surface area contributed by atoms with Gasteiger partial charge in [0.1, 0.15) is 18.1 Å². The fourth-order valence-corrected chi connectivity index (χ4v) is 3.88. The highest BCUT2D eigenvalue weighted by Crippen LogP contribution is 2.25. The standard InChI is InChI=1S/C23H23FN2O4S/c1-28-20-9-8-15(11-16(20)14-30-21-7-3-2-6-18(21)24)12-19-22(27)26(23(31)25-19)13-17-5-4-10-29-17/h2-3,6-9,11-12,17H,4-5,10,13-14H2,1H3,(H,25,31)/b19-12+. The zero-order chi connectivity index (χ0) is 21.8. The highest BCUT2D eigenvalue weighted by Gasteiger charge is 2.33. The smallest absolute Gasteiger partial charge is 0.276 e. The van der Waals surface area contributed by atoms with Crippen LogP contribution >= 0.6 is 12.2 Å². The van der Waals surface area contributed by atoms with Crippen LogP contribution in [0.5, 0.6) is 11.5 Å². The number of nitrogens with zero attached hydrogens (tertiary/aromatic N) is 1. The number of carbonyl (C=O) groups is 1. The van der Waals surface area contributed by atoms with Crippen molar-refractivity contribution >= 4 is 29.3 Å². The lowest BCUT2D eigenvalue weighted by Gasteiger charge is -2.18. The number of ether oxygens (including phenoxy) is 3. The van der Waals surface area contributed by atoms with Crippen molar-refractivity contribution in [1.29, 1.82) is 0 Å². The van der Waals surface area contributed by atoms with Crippen LogP contribution in [0.2, 0.25) is 0 Å². The molecule has 0 aromatic heterocycles. The van der Waals surface area contributed by atoms with Crippen molar-refractivity contribution in [3.8, 4) is 11.5 Å². The van der Waals surface area contributed by atoms with Gasteiger partial charge >= 0.3 is 0 Å². The summed E-state index contributed by atoms with van der Waals surface area (Å²) >= 11 is 5.34. The number of thiocarbonyl (C=S) groups is 1. The molecule has 2 aromatic rings. The van der Waals surface area contributed by atoms with Gasteiger partial charge in [-0.2, -0.15) is 0 Å². The number of carbonyl (C=O) groups excluding carboxylic acids is 1. The SMILES string of the molecule is COc1ccc(/C=C2/NC(=S)N(CC3CCCO3)C2=O)cc1COc1ccccc1F. The van der Waals surface area contributed by atoms with E-state index >= 15 is 0 Å². The Bertz CT molecular complexity index is 1020. The number of amides is 1. The average Bonchev–Trinajstić information content (AvgIpc) is 3.37. The van der Waals surface area contributed by atoms with E-state index in [1.807, 2.05) is 12.1 Å². The molecule has 6 nitrogen and oxygen atoms in total. The molecule has 0 radical (unpaired) electrons. The second-order valence-electron chi connectivity index (χ2n) is 7.33. The van der Waals surface area contributed by atoms with Gasteiger partial charge in [-0.25, -0.2) is 4.39 Å². The second-order valence-corrected chi connectivity index (χ2v) is 7.72. The molecular weight excluding hydrogens is 419 g/mol. The Morgan fingerprint density at radius 1 is 1.29 bits per heavy atom. The molecule has 1 N–H and O–H groups in total. The van der Waals surface area contributed by atoms with Crippen molar-refractivity contribution in [1.82, 2.24) is 10.2 Å². The van der Waals surface area contributed by atoms with Crippen LogP contribution in [-0.4, -0.2) is 42.3 Å². The predicted octanol–water partition coefficient (Wildman–Crippen LogP) is 3.65. The number of halogens is 1. The van der Waals surface area contributed by atoms with Gasteiger partial charge in [0.25, 0.3) is 5.91 Å². The maximum Gasteiger partial charge on any atom is 0.276 e. The molecule has 0 aliphatic carbocycles. The van der Waals surface area contributed by atoms with Crippen LogP contribution in [0.3, 0.4) is 0 Å². The summed E-state index contributed by atoms with van der Waals surface area (Å²) in [6.07, 6.45) is 3.68. The van der Waals surface area contributed by atoms with Crippen molar-refractivity contribution in [2.75, 3.05) is 20.3 Å². The topological polar surface area (TPSA) is 60.0 Å². The van der Waals surface area contributed by atoms with Crippen LogP contribution in [0.1, 0.15) is 24.0 Å². The lowest BCUT2D eigenvalue weighted by Crippen LogP contribution is -2.37. The Kier molecular flexibility index (Phi) is 6.48. The van der Waals surface area contributed by atoms with E-state index in [9.17, 15) is 9.18 Å². The Morgan fingerprint density at radius 3 is 2.87 bits per heavy atom. The molecule has 8 heteroatoms. The minimum atomic E-state index is -0.430. The number of nitrogens with one attached hydrogen (secondary N) is 1. The molecule has 2 aliphatic heterocycles.